The first kappa shape index (κ1) is 24.2. The molecule has 4 rings (SSSR count). The van der Waals surface area contributed by atoms with Crippen LogP contribution < -0.4 is 15.9 Å². The fourth-order valence-corrected chi connectivity index (χ4v) is 3.55. The lowest BCUT2D eigenvalue weighted by molar-refractivity contribution is -0.0458. The molecule has 35 heavy (non-hydrogen) atoms. The lowest BCUT2D eigenvalue weighted by atomic mass is 10.2. The highest BCUT2D eigenvalue weighted by Gasteiger charge is 2.34. The molecule has 182 valence electrons. The number of benzene rings is 2. The number of rotatable bonds is 7. The molecule has 1 amide bonds. The van der Waals surface area contributed by atoms with Crippen molar-refractivity contribution >= 4 is 28.8 Å². The van der Waals surface area contributed by atoms with Gasteiger partial charge in [-0.05, 0) is 54.6 Å². The minimum Gasteiger partial charge on any atom is -0.394 e. The van der Waals surface area contributed by atoms with Gasteiger partial charge in [0.1, 0.15) is 18.1 Å². The van der Waals surface area contributed by atoms with E-state index < -0.39 is 30.0 Å². The topological polar surface area (TPSA) is 142 Å². The lowest BCUT2D eigenvalue weighted by Crippen LogP contribution is -2.28. The number of carbonyl (C=O) groups is 1. The summed E-state index contributed by atoms with van der Waals surface area (Å²) in [5.41, 5.74) is 2.07. The Labute approximate surface area is 201 Å². The maximum absolute atomic E-state index is 12.6. The summed E-state index contributed by atoms with van der Waals surface area (Å²) < 4.78 is 6.68. The van der Waals surface area contributed by atoms with Crippen molar-refractivity contribution in [3.8, 4) is 0 Å². The van der Waals surface area contributed by atoms with Gasteiger partial charge in [0, 0.05) is 38.0 Å². The fraction of sp³-hybridized carbons (Fsp3) is 0.292. The number of hydrogen-bond acceptors (Lipinski definition) is 9. The third kappa shape index (κ3) is 5.77. The zero-order chi connectivity index (χ0) is 24.9. The zero-order valence-corrected chi connectivity index (χ0v) is 19.3. The number of carbonyl (C=O) groups excluding carboxylic acids is 1. The monoisotopic (exact) mass is 478 g/mol. The summed E-state index contributed by atoms with van der Waals surface area (Å²) >= 11 is 0. The zero-order valence-electron chi connectivity index (χ0n) is 19.3. The number of ether oxygens (including phenoxy) is 1. The standard InChI is InChI=1S/C24H26N6O5/c1-29(2)18-9-7-17(8-10-18)28-27-16-5-3-15(4-6-16)23(33)25-21-11-12-30(24(34)26-21)22-13-19(32)20(14-31)35-22/h3-12,19-20,22,31-32H,13-14H2,1-2H3,(H,25,26,33,34)/t19-,20+,22+/m0/s1. The van der Waals surface area contributed by atoms with E-state index in [1.165, 1.54) is 16.8 Å². The summed E-state index contributed by atoms with van der Waals surface area (Å²) in [6, 6.07) is 15.6. The van der Waals surface area contributed by atoms with Gasteiger partial charge in [-0.3, -0.25) is 9.36 Å². The van der Waals surface area contributed by atoms with Gasteiger partial charge < -0.3 is 25.2 Å². The number of amides is 1. The maximum atomic E-state index is 12.6. The van der Waals surface area contributed by atoms with Gasteiger partial charge >= 0.3 is 5.69 Å². The van der Waals surface area contributed by atoms with E-state index in [0.717, 1.165) is 5.69 Å². The van der Waals surface area contributed by atoms with Crippen molar-refractivity contribution in [1.82, 2.24) is 9.55 Å². The highest BCUT2D eigenvalue weighted by Crippen LogP contribution is 2.27. The molecule has 0 saturated carbocycles. The van der Waals surface area contributed by atoms with Crippen molar-refractivity contribution in [2.45, 2.75) is 24.9 Å². The van der Waals surface area contributed by atoms with Crippen molar-refractivity contribution < 1.29 is 19.7 Å². The van der Waals surface area contributed by atoms with Gasteiger partial charge in [0.2, 0.25) is 0 Å². The first-order valence-electron chi connectivity index (χ1n) is 11.0. The molecule has 3 N–H and O–H groups in total. The Kier molecular flexibility index (Phi) is 7.30. The normalized spacial score (nSPS) is 19.7. The quantitative estimate of drug-likeness (QED) is 0.443. The number of nitrogens with one attached hydrogen (secondary N) is 1. The highest BCUT2D eigenvalue weighted by molar-refractivity contribution is 6.03. The van der Waals surface area contributed by atoms with E-state index in [4.69, 9.17) is 4.74 Å². The molecule has 2 heterocycles. The minimum atomic E-state index is -0.873. The molecule has 1 aromatic heterocycles. The highest BCUT2D eigenvalue weighted by atomic mass is 16.5. The van der Waals surface area contributed by atoms with Crippen molar-refractivity contribution in [1.29, 1.82) is 0 Å². The van der Waals surface area contributed by atoms with E-state index in [2.05, 4.69) is 20.5 Å². The Morgan fingerprint density at radius 3 is 2.29 bits per heavy atom. The van der Waals surface area contributed by atoms with Gasteiger partial charge in [0.25, 0.3) is 5.91 Å². The molecule has 0 unspecified atom stereocenters. The molecule has 0 spiro atoms. The number of anilines is 2. The number of aromatic nitrogens is 2. The largest absolute Gasteiger partial charge is 0.394 e. The van der Waals surface area contributed by atoms with Gasteiger partial charge in [-0.15, -0.1) is 0 Å². The third-order valence-electron chi connectivity index (χ3n) is 5.54. The number of aliphatic hydroxyl groups is 2. The third-order valence-corrected chi connectivity index (χ3v) is 5.54. The van der Waals surface area contributed by atoms with Crippen LogP contribution in [0.2, 0.25) is 0 Å². The number of azo groups is 1. The van der Waals surface area contributed by atoms with Crippen LogP contribution in [0.4, 0.5) is 22.9 Å². The molecular formula is C24H26N6O5. The molecule has 1 fully saturated rings. The average molecular weight is 479 g/mol. The molecule has 1 aliphatic heterocycles. The lowest BCUT2D eigenvalue weighted by Gasteiger charge is -2.14. The summed E-state index contributed by atoms with van der Waals surface area (Å²) in [5, 5.41) is 30.0. The Hall–Kier alpha value is -3.93. The first-order valence-corrected chi connectivity index (χ1v) is 11.0. The number of hydrogen-bond donors (Lipinski definition) is 3. The van der Waals surface area contributed by atoms with E-state index in [1.807, 2.05) is 43.3 Å². The van der Waals surface area contributed by atoms with Crippen LogP contribution in [-0.4, -0.2) is 58.6 Å². The van der Waals surface area contributed by atoms with E-state index in [9.17, 15) is 19.8 Å². The predicted octanol–water partition coefficient (Wildman–Crippen LogP) is 2.62. The molecule has 1 aliphatic rings. The first-order chi connectivity index (χ1) is 16.8. The van der Waals surface area contributed by atoms with Crippen molar-refractivity contribution in [3.05, 3.63) is 76.8 Å². The van der Waals surface area contributed by atoms with Crippen molar-refractivity contribution in [2.24, 2.45) is 10.2 Å². The summed E-state index contributed by atoms with van der Waals surface area (Å²) in [4.78, 5) is 30.8. The van der Waals surface area contributed by atoms with Crippen LogP contribution >= 0.6 is 0 Å². The van der Waals surface area contributed by atoms with E-state index in [1.54, 1.807) is 24.3 Å². The van der Waals surface area contributed by atoms with Gasteiger partial charge in [-0.1, -0.05) is 0 Å². The Morgan fingerprint density at radius 1 is 1.11 bits per heavy atom. The molecule has 0 bridgehead atoms. The van der Waals surface area contributed by atoms with E-state index in [-0.39, 0.29) is 18.8 Å². The Bertz CT molecular complexity index is 1260. The molecule has 1 saturated heterocycles. The average Bonchev–Trinajstić information content (AvgIpc) is 3.23. The van der Waals surface area contributed by atoms with Crippen LogP contribution in [-0.2, 0) is 4.74 Å². The molecule has 3 aromatic rings. The van der Waals surface area contributed by atoms with E-state index >= 15 is 0 Å². The second-order valence-electron chi connectivity index (χ2n) is 8.23. The predicted molar refractivity (Wildman–Crippen MR) is 129 cm³/mol. The number of nitrogens with zero attached hydrogens (tertiary/aromatic N) is 5. The molecule has 3 atom stereocenters. The molecule has 11 heteroatoms. The van der Waals surface area contributed by atoms with Crippen LogP contribution in [0, 0.1) is 0 Å². The smallest absolute Gasteiger partial charge is 0.351 e. The second kappa shape index (κ2) is 10.6. The van der Waals surface area contributed by atoms with Crippen LogP contribution in [0.3, 0.4) is 0 Å². The maximum Gasteiger partial charge on any atom is 0.351 e. The molecule has 2 aromatic carbocycles. The summed E-state index contributed by atoms with van der Waals surface area (Å²) in [6.45, 7) is -0.349. The SMILES string of the molecule is CN(C)c1ccc(N=Nc2ccc(C(=O)Nc3ccn([C@H]4C[C@H](O)[C@@H](CO)O4)c(=O)n3)cc2)cc1. The fourth-order valence-electron chi connectivity index (χ4n) is 3.55. The van der Waals surface area contributed by atoms with Crippen LogP contribution in [0.25, 0.3) is 0 Å². The summed E-state index contributed by atoms with van der Waals surface area (Å²) in [5.74, 6) is -0.358. The molecular weight excluding hydrogens is 452 g/mol. The van der Waals surface area contributed by atoms with Crippen LogP contribution in [0.15, 0.2) is 75.8 Å². The summed E-state index contributed by atoms with van der Waals surface area (Å²) in [6.07, 6.45) is -0.778. The van der Waals surface area contributed by atoms with Gasteiger partial charge in [0.15, 0.2) is 0 Å². The van der Waals surface area contributed by atoms with Crippen LogP contribution in [0.1, 0.15) is 23.0 Å². The van der Waals surface area contributed by atoms with Gasteiger partial charge in [-0.2, -0.15) is 15.2 Å². The van der Waals surface area contributed by atoms with Crippen molar-refractivity contribution in [2.75, 3.05) is 30.9 Å². The molecule has 11 nitrogen and oxygen atoms in total. The number of aliphatic hydroxyl groups excluding tert-OH is 2. The van der Waals surface area contributed by atoms with Gasteiger partial charge in [0.05, 0.1) is 24.1 Å². The minimum absolute atomic E-state index is 0.0819. The molecule has 0 aliphatic carbocycles. The van der Waals surface area contributed by atoms with Crippen LogP contribution in [0.5, 0.6) is 0 Å². The Balaban J connectivity index is 1.37. The van der Waals surface area contributed by atoms with Crippen molar-refractivity contribution in [3.63, 3.8) is 0 Å². The summed E-state index contributed by atoms with van der Waals surface area (Å²) in [7, 11) is 3.92. The molecule has 0 radical (unpaired) electrons. The van der Waals surface area contributed by atoms with Gasteiger partial charge in [-0.25, -0.2) is 4.79 Å². The second-order valence-corrected chi connectivity index (χ2v) is 8.23. The van der Waals surface area contributed by atoms with E-state index in [0.29, 0.717) is 16.9 Å². The Morgan fingerprint density at radius 2 is 1.74 bits per heavy atom.